The molecule has 0 bridgehead atoms. The molecule has 80 valence electrons. The van der Waals surface area contributed by atoms with Gasteiger partial charge in [0.1, 0.15) is 0 Å². The zero-order valence-corrected chi connectivity index (χ0v) is 8.86. The van der Waals surface area contributed by atoms with Crippen LogP contribution in [0.3, 0.4) is 0 Å². The van der Waals surface area contributed by atoms with Gasteiger partial charge in [0, 0.05) is 12.6 Å². The molecule has 14 heavy (non-hydrogen) atoms. The van der Waals surface area contributed by atoms with Crippen LogP contribution < -0.4 is 0 Å². The number of hydrogen-bond acceptors (Lipinski definition) is 2. The summed E-state index contributed by atoms with van der Waals surface area (Å²) in [4.78, 5) is 2.55. The molecule has 3 atom stereocenters. The maximum absolute atomic E-state index is 9.63. The van der Waals surface area contributed by atoms with Crippen LogP contribution in [0.25, 0.3) is 0 Å². The number of aliphatic hydroxyl groups is 1. The molecule has 1 N–H and O–H groups in total. The Morgan fingerprint density at radius 3 is 3.00 bits per heavy atom. The SMILES string of the molecule is C=CCN1CCCC2CC(O)CCC21. The Hall–Kier alpha value is -0.340. The first kappa shape index (κ1) is 10.2. The molecule has 2 rings (SSSR count). The van der Waals surface area contributed by atoms with Crippen LogP contribution in [0.1, 0.15) is 32.1 Å². The van der Waals surface area contributed by atoms with Gasteiger partial charge < -0.3 is 5.11 Å². The third kappa shape index (κ3) is 2.01. The molecule has 2 heteroatoms. The highest BCUT2D eigenvalue weighted by Gasteiger charge is 2.35. The molecule has 2 fully saturated rings. The molecular weight excluding hydrogens is 174 g/mol. The van der Waals surface area contributed by atoms with Gasteiger partial charge in [0.05, 0.1) is 6.10 Å². The molecule has 0 amide bonds. The molecule has 2 aliphatic rings. The second kappa shape index (κ2) is 4.45. The number of aliphatic hydroxyl groups excluding tert-OH is 1. The first-order chi connectivity index (χ1) is 6.81. The summed E-state index contributed by atoms with van der Waals surface area (Å²) < 4.78 is 0. The number of likely N-dealkylation sites (tertiary alicyclic amines) is 1. The van der Waals surface area contributed by atoms with Gasteiger partial charge in [-0.3, -0.25) is 4.90 Å². The van der Waals surface area contributed by atoms with Crippen LogP contribution in [0.4, 0.5) is 0 Å². The number of piperidine rings is 1. The third-order valence-corrected chi connectivity index (χ3v) is 3.77. The highest BCUT2D eigenvalue weighted by Crippen LogP contribution is 2.35. The van der Waals surface area contributed by atoms with Gasteiger partial charge in [-0.1, -0.05) is 6.08 Å². The molecular formula is C12H21NO. The van der Waals surface area contributed by atoms with E-state index < -0.39 is 0 Å². The van der Waals surface area contributed by atoms with Gasteiger partial charge in [0.25, 0.3) is 0 Å². The van der Waals surface area contributed by atoms with Crippen molar-refractivity contribution in [2.45, 2.75) is 44.2 Å². The minimum atomic E-state index is -0.0278. The highest BCUT2D eigenvalue weighted by atomic mass is 16.3. The Bertz CT molecular complexity index is 204. The monoisotopic (exact) mass is 195 g/mol. The van der Waals surface area contributed by atoms with Crippen LogP contribution in [-0.4, -0.2) is 35.2 Å². The molecule has 3 unspecified atom stereocenters. The molecule has 0 aromatic rings. The lowest BCUT2D eigenvalue weighted by Gasteiger charge is -2.45. The van der Waals surface area contributed by atoms with E-state index in [1.54, 1.807) is 0 Å². The van der Waals surface area contributed by atoms with Crippen molar-refractivity contribution >= 4 is 0 Å². The van der Waals surface area contributed by atoms with E-state index >= 15 is 0 Å². The van der Waals surface area contributed by atoms with Crippen molar-refractivity contribution in [3.63, 3.8) is 0 Å². The Balaban J connectivity index is 1.98. The largest absolute Gasteiger partial charge is 0.393 e. The predicted molar refractivity (Wildman–Crippen MR) is 58.1 cm³/mol. The first-order valence-corrected chi connectivity index (χ1v) is 5.84. The van der Waals surface area contributed by atoms with Crippen molar-refractivity contribution in [1.29, 1.82) is 0 Å². The molecule has 1 saturated heterocycles. The second-order valence-electron chi connectivity index (χ2n) is 4.72. The van der Waals surface area contributed by atoms with Crippen LogP contribution in [0.15, 0.2) is 12.7 Å². The van der Waals surface area contributed by atoms with Crippen LogP contribution in [0, 0.1) is 5.92 Å². The van der Waals surface area contributed by atoms with Crippen molar-refractivity contribution < 1.29 is 5.11 Å². The summed E-state index contributed by atoms with van der Waals surface area (Å²) in [6.07, 6.45) is 7.79. The Morgan fingerprint density at radius 2 is 2.21 bits per heavy atom. The van der Waals surface area contributed by atoms with Crippen molar-refractivity contribution in [3.8, 4) is 0 Å². The van der Waals surface area contributed by atoms with Crippen LogP contribution in [0.2, 0.25) is 0 Å². The second-order valence-corrected chi connectivity index (χ2v) is 4.72. The van der Waals surface area contributed by atoms with E-state index in [1.165, 1.54) is 25.8 Å². The standard InChI is InChI=1S/C12H21NO/c1-2-7-13-8-3-4-10-9-11(14)5-6-12(10)13/h2,10-12,14H,1,3-9H2. The topological polar surface area (TPSA) is 23.5 Å². The van der Waals surface area contributed by atoms with Gasteiger partial charge in [-0.05, 0) is 44.6 Å². The van der Waals surface area contributed by atoms with E-state index in [1.807, 2.05) is 6.08 Å². The lowest BCUT2D eigenvalue weighted by molar-refractivity contribution is 0.0104. The molecule has 1 saturated carbocycles. The van der Waals surface area contributed by atoms with Gasteiger partial charge in [0.15, 0.2) is 0 Å². The van der Waals surface area contributed by atoms with E-state index in [2.05, 4.69) is 11.5 Å². The smallest absolute Gasteiger partial charge is 0.0544 e. The average molecular weight is 195 g/mol. The summed E-state index contributed by atoms with van der Waals surface area (Å²) in [6.45, 7) is 6.07. The van der Waals surface area contributed by atoms with E-state index in [0.717, 1.165) is 31.3 Å². The van der Waals surface area contributed by atoms with Gasteiger partial charge in [-0.2, -0.15) is 0 Å². The highest BCUT2D eigenvalue weighted by molar-refractivity contribution is 4.91. The fraction of sp³-hybridized carbons (Fsp3) is 0.833. The van der Waals surface area contributed by atoms with Gasteiger partial charge in [-0.15, -0.1) is 6.58 Å². The van der Waals surface area contributed by atoms with Gasteiger partial charge in [-0.25, -0.2) is 0 Å². The minimum Gasteiger partial charge on any atom is -0.393 e. The molecule has 0 aromatic heterocycles. The first-order valence-electron chi connectivity index (χ1n) is 5.84. The van der Waals surface area contributed by atoms with Crippen LogP contribution in [0.5, 0.6) is 0 Å². The molecule has 1 aliphatic heterocycles. The van der Waals surface area contributed by atoms with Gasteiger partial charge >= 0.3 is 0 Å². The van der Waals surface area contributed by atoms with Crippen molar-refractivity contribution in [2.75, 3.05) is 13.1 Å². The van der Waals surface area contributed by atoms with E-state index in [4.69, 9.17) is 0 Å². The molecule has 1 heterocycles. The van der Waals surface area contributed by atoms with E-state index in [-0.39, 0.29) is 6.10 Å². The quantitative estimate of drug-likeness (QED) is 0.679. The number of fused-ring (bicyclic) bond motifs is 1. The van der Waals surface area contributed by atoms with Crippen molar-refractivity contribution in [3.05, 3.63) is 12.7 Å². The van der Waals surface area contributed by atoms with Crippen molar-refractivity contribution in [2.24, 2.45) is 5.92 Å². The fourth-order valence-electron chi connectivity index (χ4n) is 3.13. The van der Waals surface area contributed by atoms with Crippen LogP contribution in [-0.2, 0) is 0 Å². The molecule has 0 radical (unpaired) electrons. The van der Waals surface area contributed by atoms with E-state index in [9.17, 15) is 5.11 Å². The summed E-state index contributed by atoms with van der Waals surface area (Å²) in [7, 11) is 0. The number of nitrogens with zero attached hydrogens (tertiary/aromatic N) is 1. The predicted octanol–water partition coefficient (Wildman–Crippen LogP) is 1.80. The number of rotatable bonds is 2. The lowest BCUT2D eigenvalue weighted by atomic mass is 9.77. The normalized spacial score (nSPS) is 39.1. The molecule has 0 spiro atoms. The Labute approximate surface area is 86.6 Å². The molecule has 0 aromatic carbocycles. The maximum Gasteiger partial charge on any atom is 0.0544 e. The minimum absolute atomic E-state index is 0.0278. The van der Waals surface area contributed by atoms with Crippen LogP contribution >= 0.6 is 0 Å². The average Bonchev–Trinajstić information content (AvgIpc) is 2.18. The van der Waals surface area contributed by atoms with E-state index in [0.29, 0.717) is 0 Å². The summed E-state index contributed by atoms with van der Waals surface area (Å²) in [5.41, 5.74) is 0. The third-order valence-electron chi connectivity index (χ3n) is 3.77. The lowest BCUT2D eigenvalue weighted by Crippen LogP contribution is -2.48. The maximum atomic E-state index is 9.63. The van der Waals surface area contributed by atoms with Gasteiger partial charge in [0.2, 0.25) is 0 Å². The summed E-state index contributed by atoms with van der Waals surface area (Å²) >= 11 is 0. The zero-order valence-electron chi connectivity index (χ0n) is 8.86. The fourth-order valence-corrected chi connectivity index (χ4v) is 3.13. The molecule has 1 aliphatic carbocycles. The zero-order chi connectivity index (χ0) is 9.97. The Morgan fingerprint density at radius 1 is 1.36 bits per heavy atom. The molecule has 2 nitrogen and oxygen atoms in total. The summed E-state index contributed by atoms with van der Waals surface area (Å²) in [5.74, 6) is 0.743. The summed E-state index contributed by atoms with van der Waals surface area (Å²) in [6, 6.07) is 0.727. The van der Waals surface area contributed by atoms with Crippen molar-refractivity contribution in [1.82, 2.24) is 4.90 Å². The Kier molecular flexibility index (Phi) is 3.24. The number of hydrogen-bond donors (Lipinski definition) is 1. The summed E-state index contributed by atoms with van der Waals surface area (Å²) in [5, 5.41) is 9.63.